The number of carbonyl (C=O) groups excluding carboxylic acids is 1. The van der Waals surface area contributed by atoms with Gasteiger partial charge in [0.15, 0.2) is 0 Å². The lowest BCUT2D eigenvalue weighted by Gasteiger charge is -2.07. The lowest BCUT2D eigenvalue weighted by atomic mass is 10.3. The standard InChI is InChI=1S/C13H18N4O3S/c1-21(19,20)16-8-7-14-13(18)6-9-17-10-15-11-4-2-3-5-12(11)17/h2-5,10,16H,6-9H2,1H3,(H,14,18). The van der Waals surface area contributed by atoms with Gasteiger partial charge in [-0.05, 0) is 12.1 Å². The molecule has 2 rings (SSSR count). The number of carbonyl (C=O) groups is 1. The number of para-hydroxylation sites is 2. The molecule has 1 amide bonds. The zero-order chi connectivity index (χ0) is 15.3. The fourth-order valence-corrected chi connectivity index (χ4v) is 2.41. The van der Waals surface area contributed by atoms with Crippen LogP contribution in [0.3, 0.4) is 0 Å². The maximum atomic E-state index is 11.7. The Labute approximate surface area is 123 Å². The minimum Gasteiger partial charge on any atom is -0.355 e. The maximum Gasteiger partial charge on any atom is 0.221 e. The Hall–Kier alpha value is -1.93. The van der Waals surface area contributed by atoms with E-state index in [1.807, 2.05) is 28.8 Å². The Bertz CT molecular complexity index is 724. The van der Waals surface area contributed by atoms with Crippen LogP contribution in [0.5, 0.6) is 0 Å². The summed E-state index contributed by atoms with van der Waals surface area (Å²) in [5.41, 5.74) is 1.89. The van der Waals surface area contributed by atoms with Crippen molar-refractivity contribution >= 4 is 27.0 Å². The summed E-state index contributed by atoms with van der Waals surface area (Å²) in [5.74, 6) is -0.122. The molecular weight excluding hydrogens is 292 g/mol. The molecule has 0 radical (unpaired) electrons. The van der Waals surface area contributed by atoms with Crippen LogP contribution in [0.2, 0.25) is 0 Å². The van der Waals surface area contributed by atoms with E-state index in [0.717, 1.165) is 17.3 Å². The van der Waals surface area contributed by atoms with Gasteiger partial charge in [0.05, 0.1) is 23.6 Å². The van der Waals surface area contributed by atoms with E-state index in [-0.39, 0.29) is 19.0 Å². The highest BCUT2D eigenvalue weighted by Crippen LogP contribution is 2.11. The minimum absolute atomic E-state index is 0.122. The molecule has 114 valence electrons. The highest BCUT2D eigenvalue weighted by atomic mass is 32.2. The second-order valence-electron chi connectivity index (χ2n) is 4.69. The molecule has 0 saturated heterocycles. The number of benzene rings is 1. The number of hydrogen-bond acceptors (Lipinski definition) is 4. The lowest BCUT2D eigenvalue weighted by molar-refractivity contribution is -0.121. The topological polar surface area (TPSA) is 93.1 Å². The fourth-order valence-electron chi connectivity index (χ4n) is 1.94. The van der Waals surface area contributed by atoms with E-state index in [0.29, 0.717) is 13.0 Å². The molecule has 2 N–H and O–H groups in total. The van der Waals surface area contributed by atoms with E-state index in [1.54, 1.807) is 6.33 Å². The molecule has 1 aromatic carbocycles. The van der Waals surface area contributed by atoms with Gasteiger partial charge in [-0.3, -0.25) is 4.79 Å². The summed E-state index contributed by atoms with van der Waals surface area (Å²) in [4.78, 5) is 15.9. The Morgan fingerprint density at radius 3 is 2.81 bits per heavy atom. The van der Waals surface area contributed by atoms with Crippen molar-refractivity contribution in [2.45, 2.75) is 13.0 Å². The number of hydrogen-bond donors (Lipinski definition) is 2. The molecule has 8 heteroatoms. The number of imidazole rings is 1. The van der Waals surface area contributed by atoms with Gasteiger partial charge in [-0.25, -0.2) is 18.1 Å². The summed E-state index contributed by atoms with van der Waals surface area (Å²) in [5, 5.41) is 2.67. The third-order valence-electron chi connectivity index (χ3n) is 2.92. The van der Waals surface area contributed by atoms with Gasteiger partial charge in [0.2, 0.25) is 15.9 Å². The average Bonchev–Trinajstić information content (AvgIpc) is 2.84. The molecule has 0 atom stereocenters. The van der Waals surface area contributed by atoms with Crippen molar-refractivity contribution in [3.05, 3.63) is 30.6 Å². The second-order valence-corrected chi connectivity index (χ2v) is 6.53. The molecule has 0 saturated carbocycles. The molecule has 0 aliphatic rings. The third-order valence-corrected chi connectivity index (χ3v) is 3.65. The molecule has 0 spiro atoms. The number of sulfonamides is 1. The van der Waals surface area contributed by atoms with Crippen molar-refractivity contribution in [2.75, 3.05) is 19.3 Å². The van der Waals surface area contributed by atoms with E-state index < -0.39 is 10.0 Å². The van der Waals surface area contributed by atoms with Crippen LogP contribution in [0.1, 0.15) is 6.42 Å². The van der Waals surface area contributed by atoms with Gasteiger partial charge in [0.1, 0.15) is 0 Å². The van der Waals surface area contributed by atoms with Gasteiger partial charge in [0, 0.05) is 26.1 Å². The summed E-state index contributed by atoms with van der Waals surface area (Å²) < 4.78 is 25.9. The summed E-state index contributed by atoms with van der Waals surface area (Å²) in [6.07, 6.45) is 3.11. The van der Waals surface area contributed by atoms with Crippen LogP contribution in [0.4, 0.5) is 0 Å². The highest BCUT2D eigenvalue weighted by molar-refractivity contribution is 7.88. The van der Waals surface area contributed by atoms with Crippen molar-refractivity contribution in [1.29, 1.82) is 0 Å². The first kappa shape index (κ1) is 15.5. The van der Waals surface area contributed by atoms with Gasteiger partial charge in [0.25, 0.3) is 0 Å². The number of aromatic nitrogens is 2. The van der Waals surface area contributed by atoms with E-state index in [2.05, 4.69) is 15.0 Å². The molecule has 2 aromatic rings. The third kappa shape index (κ3) is 4.83. The van der Waals surface area contributed by atoms with Crippen LogP contribution < -0.4 is 10.0 Å². The summed E-state index contributed by atoms with van der Waals surface area (Å²) in [6, 6.07) is 7.72. The van der Waals surface area contributed by atoms with Gasteiger partial charge >= 0.3 is 0 Å². The van der Waals surface area contributed by atoms with E-state index in [1.165, 1.54) is 0 Å². The number of nitrogens with one attached hydrogen (secondary N) is 2. The predicted molar refractivity (Wildman–Crippen MR) is 80.2 cm³/mol. The number of aryl methyl sites for hydroxylation is 1. The summed E-state index contributed by atoms with van der Waals surface area (Å²) >= 11 is 0. The van der Waals surface area contributed by atoms with Crippen molar-refractivity contribution in [3.63, 3.8) is 0 Å². The smallest absolute Gasteiger partial charge is 0.221 e. The van der Waals surface area contributed by atoms with Crippen molar-refractivity contribution in [2.24, 2.45) is 0 Å². The number of amides is 1. The maximum absolute atomic E-state index is 11.7. The number of rotatable bonds is 7. The van der Waals surface area contributed by atoms with Crippen LogP contribution in [-0.2, 0) is 21.4 Å². The summed E-state index contributed by atoms with van der Waals surface area (Å²) in [6.45, 7) is 1.00. The lowest BCUT2D eigenvalue weighted by Crippen LogP contribution is -2.34. The fraction of sp³-hybridized carbons (Fsp3) is 0.385. The molecule has 0 fully saturated rings. The predicted octanol–water partition coefficient (Wildman–Crippen LogP) is 0.0918. The van der Waals surface area contributed by atoms with E-state index in [4.69, 9.17) is 0 Å². The van der Waals surface area contributed by atoms with Crippen molar-refractivity contribution < 1.29 is 13.2 Å². The monoisotopic (exact) mass is 310 g/mol. The molecule has 7 nitrogen and oxygen atoms in total. The Kier molecular flexibility index (Phi) is 4.92. The van der Waals surface area contributed by atoms with Crippen molar-refractivity contribution in [1.82, 2.24) is 19.6 Å². The minimum atomic E-state index is -3.21. The first-order chi connectivity index (χ1) is 9.96. The van der Waals surface area contributed by atoms with Crippen LogP contribution in [-0.4, -0.2) is 43.2 Å². The second kappa shape index (κ2) is 6.68. The van der Waals surface area contributed by atoms with Gasteiger partial charge < -0.3 is 9.88 Å². The molecule has 1 heterocycles. The quantitative estimate of drug-likeness (QED) is 0.709. The van der Waals surface area contributed by atoms with E-state index >= 15 is 0 Å². The van der Waals surface area contributed by atoms with Crippen molar-refractivity contribution in [3.8, 4) is 0 Å². The Morgan fingerprint density at radius 1 is 1.29 bits per heavy atom. The number of nitrogens with zero attached hydrogens (tertiary/aromatic N) is 2. The zero-order valence-corrected chi connectivity index (χ0v) is 12.6. The van der Waals surface area contributed by atoms with Crippen LogP contribution in [0.15, 0.2) is 30.6 Å². The van der Waals surface area contributed by atoms with Crippen LogP contribution in [0, 0.1) is 0 Å². The molecule has 1 aromatic heterocycles. The van der Waals surface area contributed by atoms with E-state index in [9.17, 15) is 13.2 Å². The molecule has 0 bridgehead atoms. The van der Waals surface area contributed by atoms with Gasteiger partial charge in [-0.2, -0.15) is 0 Å². The SMILES string of the molecule is CS(=O)(=O)NCCNC(=O)CCn1cnc2ccccc21. The first-order valence-corrected chi connectivity index (χ1v) is 8.46. The molecule has 0 aliphatic carbocycles. The normalized spacial score (nSPS) is 11.7. The molecule has 21 heavy (non-hydrogen) atoms. The Morgan fingerprint density at radius 2 is 2.05 bits per heavy atom. The van der Waals surface area contributed by atoms with Crippen LogP contribution >= 0.6 is 0 Å². The largest absolute Gasteiger partial charge is 0.355 e. The molecule has 0 unspecified atom stereocenters. The first-order valence-electron chi connectivity index (χ1n) is 6.57. The Balaban J connectivity index is 1.76. The molecule has 0 aliphatic heterocycles. The highest BCUT2D eigenvalue weighted by Gasteiger charge is 2.05. The molecular formula is C13H18N4O3S. The van der Waals surface area contributed by atoms with Crippen LogP contribution in [0.25, 0.3) is 11.0 Å². The summed E-state index contributed by atoms with van der Waals surface area (Å²) in [7, 11) is -3.21. The zero-order valence-electron chi connectivity index (χ0n) is 11.7. The number of fused-ring (bicyclic) bond motifs is 1. The van der Waals surface area contributed by atoms with Gasteiger partial charge in [-0.1, -0.05) is 12.1 Å². The van der Waals surface area contributed by atoms with Gasteiger partial charge in [-0.15, -0.1) is 0 Å². The average molecular weight is 310 g/mol.